The van der Waals surface area contributed by atoms with Crippen molar-refractivity contribution < 1.29 is 13.9 Å². The molecule has 0 fully saturated rings. The summed E-state index contributed by atoms with van der Waals surface area (Å²) in [6.07, 6.45) is 2.64. The highest BCUT2D eigenvalue weighted by Crippen LogP contribution is 2.30. The van der Waals surface area contributed by atoms with Crippen LogP contribution in [0.15, 0.2) is 30.6 Å². The fraction of sp³-hybridized carbons (Fsp3) is 0.316. The molecule has 0 saturated carbocycles. The topological polar surface area (TPSA) is 98.1 Å². The van der Waals surface area contributed by atoms with Crippen LogP contribution in [0.5, 0.6) is 5.88 Å². The molecule has 2 heterocycles. The SMILES string of the molecule is CCCc1nc(C(=O)Nc2c(OC)ncnc2N(C)C)nn1-c1ccccc1F. The maximum atomic E-state index is 14.3. The Balaban J connectivity index is 1.99. The molecule has 0 saturated heterocycles. The highest BCUT2D eigenvalue weighted by molar-refractivity contribution is 6.04. The Morgan fingerprint density at radius 1 is 1.28 bits per heavy atom. The molecule has 3 aromatic rings. The van der Waals surface area contributed by atoms with E-state index in [1.807, 2.05) is 6.92 Å². The number of nitrogens with zero attached hydrogens (tertiary/aromatic N) is 6. The molecule has 10 heteroatoms. The molecular formula is C19H22FN7O2. The van der Waals surface area contributed by atoms with Crippen LogP contribution in [0.1, 0.15) is 29.8 Å². The molecule has 29 heavy (non-hydrogen) atoms. The summed E-state index contributed by atoms with van der Waals surface area (Å²) < 4.78 is 20.9. The lowest BCUT2D eigenvalue weighted by molar-refractivity contribution is 0.101. The number of halogens is 1. The quantitative estimate of drug-likeness (QED) is 0.652. The minimum atomic E-state index is -0.575. The fourth-order valence-electron chi connectivity index (χ4n) is 2.78. The van der Waals surface area contributed by atoms with E-state index in [1.165, 1.54) is 24.2 Å². The number of hydrogen-bond donors (Lipinski definition) is 1. The predicted octanol–water partition coefficient (Wildman–Crippen LogP) is 2.48. The number of ether oxygens (including phenoxy) is 1. The average molecular weight is 399 g/mol. The van der Waals surface area contributed by atoms with Crippen molar-refractivity contribution in [2.75, 3.05) is 31.4 Å². The summed E-state index contributed by atoms with van der Waals surface area (Å²) in [6.45, 7) is 1.97. The molecule has 9 nitrogen and oxygen atoms in total. The van der Waals surface area contributed by atoms with Gasteiger partial charge in [-0.25, -0.2) is 19.0 Å². The number of aromatic nitrogens is 5. The van der Waals surface area contributed by atoms with E-state index in [1.54, 1.807) is 37.2 Å². The first-order valence-corrected chi connectivity index (χ1v) is 9.04. The second kappa shape index (κ2) is 8.63. The molecule has 1 N–H and O–H groups in total. The maximum absolute atomic E-state index is 14.3. The van der Waals surface area contributed by atoms with E-state index in [4.69, 9.17) is 4.74 Å². The van der Waals surface area contributed by atoms with Gasteiger partial charge in [0.15, 0.2) is 5.82 Å². The highest BCUT2D eigenvalue weighted by atomic mass is 19.1. The van der Waals surface area contributed by atoms with Crippen LogP contribution in [-0.2, 0) is 6.42 Å². The highest BCUT2D eigenvalue weighted by Gasteiger charge is 2.22. The lowest BCUT2D eigenvalue weighted by Crippen LogP contribution is -2.20. The molecule has 0 aliphatic rings. The fourth-order valence-corrected chi connectivity index (χ4v) is 2.78. The first-order chi connectivity index (χ1) is 14.0. The molecule has 2 aromatic heterocycles. The predicted molar refractivity (Wildman–Crippen MR) is 106 cm³/mol. The summed E-state index contributed by atoms with van der Waals surface area (Å²) in [5, 5.41) is 6.96. The van der Waals surface area contributed by atoms with Crippen LogP contribution in [0.3, 0.4) is 0 Å². The first kappa shape index (κ1) is 20.2. The summed E-state index contributed by atoms with van der Waals surface area (Å²) in [5.74, 6) is 0.0504. The number of para-hydroxylation sites is 1. The zero-order valence-electron chi connectivity index (χ0n) is 16.7. The van der Waals surface area contributed by atoms with Crippen molar-refractivity contribution in [3.05, 3.63) is 48.1 Å². The standard InChI is InChI=1S/C19H22FN7O2/c1-5-8-14-23-16(25-27(14)13-10-7-6-9-12(13)20)18(28)24-15-17(26(2)3)21-11-22-19(15)29-4/h6-7,9-11H,5,8H2,1-4H3,(H,24,28). The summed E-state index contributed by atoms with van der Waals surface area (Å²) in [6, 6.07) is 6.21. The van der Waals surface area contributed by atoms with Crippen LogP contribution in [0, 0.1) is 5.82 Å². The Kier molecular flexibility index (Phi) is 6.01. The van der Waals surface area contributed by atoms with Crippen molar-refractivity contribution in [1.29, 1.82) is 0 Å². The van der Waals surface area contributed by atoms with E-state index >= 15 is 0 Å². The average Bonchev–Trinajstić information content (AvgIpc) is 3.12. The van der Waals surface area contributed by atoms with Crippen molar-refractivity contribution in [3.8, 4) is 11.6 Å². The number of benzene rings is 1. The molecule has 1 amide bonds. The minimum Gasteiger partial charge on any atom is -0.479 e. The summed E-state index contributed by atoms with van der Waals surface area (Å²) >= 11 is 0. The van der Waals surface area contributed by atoms with Crippen LogP contribution >= 0.6 is 0 Å². The van der Waals surface area contributed by atoms with Crippen LogP contribution in [0.4, 0.5) is 15.9 Å². The first-order valence-electron chi connectivity index (χ1n) is 9.04. The molecule has 3 rings (SSSR count). The van der Waals surface area contributed by atoms with E-state index < -0.39 is 11.7 Å². The number of amides is 1. The largest absolute Gasteiger partial charge is 0.479 e. The van der Waals surface area contributed by atoms with Crippen LogP contribution in [0.2, 0.25) is 0 Å². The molecule has 0 atom stereocenters. The minimum absolute atomic E-state index is 0.0904. The monoisotopic (exact) mass is 399 g/mol. The van der Waals surface area contributed by atoms with Gasteiger partial charge < -0.3 is 15.0 Å². The van der Waals surface area contributed by atoms with Gasteiger partial charge >= 0.3 is 0 Å². The second-order valence-corrected chi connectivity index (χ2v) is 6.39. The van der Waals surface area contributed by atoms with Gasteiger partial charge in [-0.1, -0.05) is 19.1 Å². The van der Waals surface area contributed by atoms with Gasteiger partial charge in [0.2, 0.25) is 11.7 Å². The van der Waals surface area contributed by atoms with Crippen LogP contribution in [0.25, 0.3) is 5.69 Å². The molecule has 152 valence electrons. The van der Waals surface area contributed by atoms with E-state index in [0.717, 1.165) is 6.42 Å². The number of aryl methyl sites for hydroxylation is 1. The van der Waals surface area contributed by atoms with Crippen molar-refractivity contribution in [3.63, 3.8) is 0 Å². The third-order valence-electron chi connectivity index (χ3n) is 4.08. The number of methoxy groups -OCH3 is 1. The third-order valence-corrected chi connectivity index (χ3v) is 4.08. The zero-order chi connectivity index (χ0) is 21.0. The Hall–Kier alpha value is -3.56. The number of hydrogen-bond acceptors (Lipinski definition) is 7. The van der Waals surface area contributed by atoms with Crippen molar-refractivity contribution in [1.82, 2.24) is 24.7 Å². The molecule has 0 spiro atoms. The molecule has 0 aliphatic heterocycles. The van der Waals surface area contributed by atoms with Gasteiger partial charge in [-0.05, 0) is 18.6 Å². The van der Waals surface area contributed by atoms with Gasteiger partial charge in [0.05, 0.1) is 7.11 Å². The number of carbonyl (C=O) groups is 1. The Morgan fingerprint density at radius 3 is 2.69 bits per heavy atom. The number of nitrogens with one attached hydrogen (secondary N) is 1. The molecular weight excluding hydrogens is 377 g/mol. The Bertz CT molecular complexity index is 1020. The van der Waals surface area contributed by atoms with Crippen molar-refractivity contribution >= 4 is 17.4 Å². The smallest absolute Gasteiger partial charge is 0.295 e. The third kappa shape index (κ3) is 4.15. The van der Waals surface area contributed by atoms with Crippen LogP contribution < -0.4 is 15.0 Å². The normalized spacial score (nSPS) is 10.7. The van der Waals surface area contributed by atoms with Crippen molar-refractivity contribution in [2.45, 2.75) is 19.8 Å². The lowest BCUT2D eigenvalue weighted by Gasteiger charge is -2.17. The summed E-state index contributed by atoms with van der Waals surface area (Å²) in [5.41, 5.74) is 0.529. The van der Waals surface area contributed by atoms with Gasteiger partial charge in [0.1, 0.15) is 29.3 Å². The lowest BCUT2D eigenvalue weighted by atomic mass is 10.3. The Morgan fingerprint density at radius 2 is 2.03 bits per heavy atom. The molecule has 0 unspecified atom stereocenters. The van der Waals surface area contributed by atoms with Gasteiger partial charge in [-0.3, -0.25) is 4.79 Å². The Labute approximate surface area is 167 Å². The second-order valence-electron chi connectivity index (χ2n) is 6.39. The van der Waals surface area contributed by atoms with E-state index in [9.17, 15) is 9.18 Å². The zero-order valence-corrected chi connectivity index (χ0v) is 16.7. The molecule has 0 radical (unpaired) electrons. The molecule has 0 bridgehead atoms. The maximum Gasteiger partial charge on any atom is 0.295 e. The van der Waals surface area contributed by atoms with Crippen molar-refractivity contribution in [2.24, 2.45) is 0 Å². The van der Waals surface area contributed by atoms with E-state index in [0.29, 0.717) is 23.8 Å². The van der Waals surface area contributed by atoms with E-state index in [-0.39, 0.29) is 17.4 Å². The molecule has 1 aromatic carbocycles. The number of anilines is 2. The molecule has 0 aliphatic carbocycles. The van der Waals surface area contributed by atoms with Gasteiger partial charge in [-0.2, -0.15) is 4.98 Å². The number of carbonyl (C=O) groups excluding carboxylic acids is 1. The summed E-state index contributed by atoms with van der Waals surface area (Å²) in [4.78, 5) is 27.1. The van der Waals surface area contributed by atoms with Gasteiger partial charge in [0, 0.05) is 20.5 Å². The van der Waals surface area contributed by atoms with Gasteiger partial charge in [0.25, 0.3) is 5.91 Å². The van der Waals surface area contributed by atoms with Gasteiger partial charge in [-0.15, -0.1) is 5.10 Å². The number of rotatable bonds is 7. The summed E-state index contributed by atoms with van der Waals surface area (Å²) in [7, 11) is 5.01. The van der Waals surface area contributed by atoms with Crippen LogP contribution in [-0.4, -0.2) is 51.8 Å². The van der Waals surface area contributed by atoms with E-state index in [2.05, 4.69) is 25.4 Å².